The Bertz CT molecular complexity index is 157. The number of carbonyl (C=O) groups excluding carboxylic acids is 1. The monoisotopic (exact) mass is 134 g/mol. The van der Waals surface area contributed by atoms with Crippen LogP contribution in [0.2, 0.25) is 0 Å². The number of halogens is 2. The van der Waals surface area contributed by atoms with Crippen molar-refractivity contribution in [2.45, 2.75) is 6.55 Å². The molecule has 3 nitrogen and oxygen atoms in total. The van der Waals surface area contributed by atoms with Crippen LogP contribution in [0, 0.1) is 0 Å². The zero-order valence-corrected chi connectivity index (χ0v) is 4.42. The van der Waals surface area contributed by atoms with Crippen molar-refractivity contribution in [3.63, 3.8) is 0 Å². The van der Waals surface area contributed by atoms with E-state index >= 15 is 0 Å². The van der Waals surface area contributed by atoms with Crippen molar-refractivity contribution in [3.8, 4) is 0 Å². The summed E-state index contributed by atoms with van der Waals surface area (Å²) in [7, 11) is 0. The van der Waals surface area contributed by atoms with Crippen LogP contribution in [0.25, 0.3) is 0 Å². The van der Waals surface area contributed by atoms with Gasteiger partial charge in [0, 0.05) is 0 Å². The summed E-state index contributed by atoms with van der Waals surface area (Å²) in [4.78, 5) is 13.9. The third-order valence-electron chi connectivity index (χ3n) is 0.919. The van der Waals surface area contributed by atoms with Crippen molar-refractivity contribution in [3.05, 3.63) is 0 Å². The highest BCUT2D eigenvalue weighted by Gasteiger charge is 2.20. The molecule has 0 aromatic heterocycles. The van der Waals surface area contributed by atoms with Crippen molar-refractivity contribution in [1.82, 2.24) is 4.90 Å². The van der Waals surface area contributed by atoms with Crippen molar-refractivity contribution in [1.29, 1.82) is 0 Å². The molecule has 0 bridgehead atoms. The fourth-order valence-electron chi connectivity index (χ4n) is 0.496. The van der Waals surface area contributed by atoms with Gasteiger partial charge in [0.15, 0.2) is 0 Å². The smallest absolute Gasteiger partial charge is 0.297 e. The third kappa shape index (κ3) is 1.22. The van der Waals surface area contributed by atoms with Crippen LogP contribution in [0.1, 0.15) is 0 Å². The van der Waals surface area contributed by atoms with E-state index < -0.39 is 12.5 Å². The molecule has 0 atom stereocenters. The summed E-state index contributed by atoms with van der Waals surface area (Å²) < 4.78 is 23.2. The van der Waals surface area contributed by atoms with Crippen LogP contribution in [-0.2, 0) is 4.79 Å². The van der Waals surface area contributed by atoms with Gasteiger partial charge < -0.3 is 0 Å². The second-order valence-corrected chi connectivity index (χ2v) is 1.59. The van der Waals surface area contributed by atoms with Crippen LogP contribution in [-0.4, -0.2) is 30.2 Å². The van der Waals surface area contributed by atoms with Crippen molar-refractivity contribution in [2.75, 3.05) is 6.54 Å². The highest BCUT2D eigenvalue weighted by Crippen LogP contribution is 2.03. The lowest BCUT2D eigenvalue weighted by Crippen LogP contribution is -2.26. The molecule has 1 heterocycles. The minimum absolute atomic E-state index is 0.294. The average molecular weight is 134 g/mol. The molecule has 0 aromatic rings. The van der Waals surface area contributed by atoms with Crippen molar-refractivity contribution >= 4 is 12.2 Å². The van der Waals surface area contributed by atoms with Gasteiger partial charge in [-0.1, -0.05) is 0 Å². The Labute approximate surface area is 50.0 Å². The van der Waals surface area contributed by atoms with Gasteiger partial charge in [0.05, 0.1) is 6.34 Å². The first-order valence-corrected chi connectivity index (χ1v) is 2.31. The molecule has 1 aliphatic rings. The second-order valence-electron chi connectivity index (χ2n) is 1.59. The predicted octanol–water partition coefficient (Wildman–Crippen LogP) is 0.0795. The SMILES string of the molecule is O=C1CN(C(F)F)C=N1. The molecule has 0 radical (unpaired) electrons. The van der Waals surface area contributed by atoms with E-state index in [9.17, 15) is 13.6 Å². The van der Waals surface area contributed by atoms with Gasteiger partial charge in [-0.15, -0.1) is 0 Å². The lowest BCUT2D eigenvalue weighted by molar-refractivity contribution is -0.118. The maximum absolute atomic E-state index is 11.6. The van der Waals surface area contributed by atoms with Gasteiger partial charge in [0.1, 0.15) is 6.54 Å². The van der Waals surface area contributed by atoms with E-state index in [1.54, 1.807) is 0 Å². The first kappa shape index (κ1) is 6.12. The lowest BCUT2D eigenvalue weighted by atomic mass is 10.6. The topological polar surface area (TPSA) is 32.7 Å². The summed E-state index contributed by atoms with van der Waals surface area (Å²) in [6, 6.07) is 0. The fraction of sp³-hybridized carbons (Fsp3) is 0.500. The van der Waals surface area contributed by atoms with E-state index in [1.165, 1.54) is 0 Å². The molecule has 0 unspecified atom stereocenters. The van der Waals surface area contributed by atoms with Gasteiger partial charge in [0.2, 0.25) is 0 Å². The molecule has 0 aliphatic carbocycles. The second kappa shape index (κ2) is 2.08. The van der Waals surface area contributed by atoms with E-state index in [1.807, 2.05) is 0 Å². The fourth-order valence-corrected chi connectivity index (χ4v) is 0.496. The number of amides is 1. The summed E-state index contributed by atoms with van der Waals surface area (Å²) in [5.41, 5.74) is 0. The molecule has 0 saturated carbocycles. The van der Waals surface area contributed by atoms with E-state index in [0.717, 1.165) is 6.34 Å². The Morgan fingerprint density at radius 2 is 2.44 bits per heavy atom. The van der Waals surface area contributed by atoms with Crippen LogP contribution >= 0.6 is 0 Å². The van der Waals surface area contributed by atoms with Gasteiger partial charge in [-0.05, 0) is 0 Å². The van der Waals surface area contributed by atoms with Crippen LogP contribution in [0.3, 0.4) is 0 Å². The number of aliphatic imine (C=N–C) groups is 1. The standard InChI is InChI=1S/C4H4F2N2O/c5-4(6)8-1-3(9)7-2-8/h2,4H,1H2. The number of carbonyl (C=O) groups is 1. The molecule has 0 saturated heterocycles. The van der Waals surface area contributed by atoms with E-state index in [-0.39, 0.29) is 6.54 Å². The lowest BCUT2D eigenvalue weighted by Gasteiger charge is -2.08. The minimum atomic E-state index is -2.61. The largest absolute Gasteiger partial charge is 0.316 e. The van der Waals surface area contributed by atoms with Crippen LogP contribution < -0.4 is 0 Å². The average Bonchev–Trinajstić information content (AvgIpc) is 2.14. The molecule has 0 spiro atoms. The quantitative estimate of drug-likeness (QED) is 0.476. The molecule has 0 aromatic carbocycles. The van der Waals surface area contributed by atoms with E-state index in [2.05, 4.69) is 4.99 Å². The number of hydrogen-bond acceptors (Lipinski definition) is 2. The molecule has 0 N–H and O–H groups in total. The van der Waals surface area contributed by atoms with Gasteiger partial charge in [-0.3, -0.25) is 9.69 Å². The molecule has 1 rings (SSSR count). The van der Waals surface area contributed by atoms with Gasteiger partial charge in [0.25, 0.3) is 5.91 Å². The zero-order valence-electron chi connectivity index (χ0n) is 4.42. The van der Waals surface area contributed by atoms with Crippen LogP contribution in [0.5, 0.6) is 0 Å². The first-order valence-electron chi connectivity index (χ1n) is 2.31. The summed E-state index contributed by atoms with van der Waals surface area (Å²) >= 11 is 0. The highest BCUT2D eigenvalue weighted by molar-refractivity contribution is 5.91. The molecule has 1 aliphatic heterocycles. The zero-order chi connectivity index (χ0) is 6.85. The number of rotatable bonds is 1. The summed E-state index contributed by atoms with van der Waals surface area (Å²) in [5.74, 6) is -0.518. The highest BCUT2D eigenvalue weighted by atomic mass is 19.3. The van der Waals surface area contributed by atoms with Crippen LogP contribution in [0.4, 0.5) is 8.78 Å². The molecule has 50 valence electrons. The Kier molecular flexibility index (Phi) is 1.42. The van der Waals surface area contributed by atoms with Crippen molar-refractivity contribution < 1.29 is 13.6 Å². The summed E-state index contributed by atoms with van der Waals surface area (Å²) in [6.45, 7) is -2.90. The van der Waals surface area contributed by atoms with Gasteiger partial charge >= 0.3 is 6.55 Å². The maximum Gasteiger partial charge on any atom is 0.316 e. The summed E-state index contributed by atoms with van der Waals surface area (Å²) in [6.07, 6.45) is 0.854. The Morgan fingerprint density at radius 1 is 1.78 bits per heavy atom. The Morgan fingerprint density at radius 3 is 2.67 bits per heavy atom. The number of nitrogens with zero attached hydrogens (tertiary/aromatic N) is 2. The van der Waals surface area contributed by atoms with Crippen LogP contribution in [0.15, 0.2) is 4.99 Å². The minimum Gasteiger partial charge on any atom is -0.297 e. The number of hydrogen-bond donors (Lipinski definition) is 0. The van der Waals surface area contributed by atoms with E-state index in [0.29, 0.717) is 4.90 Å². The predicted molar refractivity (Wildman–Crippen MR) is 26.2 cm³/mol. The van der Waals surface area contributed by atoms with Crippen molar-refractivity contribution in [2.24, 2.45) is 4.99 Å². The molecule has 9 heavy (non-hydrogen) atoms. The molecular formula is C4H4F2N2O. The number of alkyl halides is 2. The van der Waals surface area contributed by atoms with E-state index in [4.69, 9.17) is 0 Å². The third-order valence-corrected chi connectivity index (χ3v) is 0.919. The van der Waals surface area contributed by atoms with Gasteiger partial charge in [-0.2, -0.15) is 8.78 Å². The molecule has 1 amide bonds. The van der Waals surface area contributed by atoms with Gasteiger partial charge in [-0.25, -0.2) is 4.99 Å². The maximum atomic E-state index is 11.6. The summed E-state index contributed by atoms with van der Waals surface area (Å²) in [5, 5.41) is 0. The Balaban J connectivity index is 2.50. The molecule has 5 heteroatoms. The Hall–Kier alpha value is -1.00. The molecule has 0 fully saturated rings. The molecular weight excluding hydrogens is 130 g/mol. The first-order chi connectivity index (χ1) is 4.20. The normalized spacial score (nSPS) is 18.1.